The molecule has 160 valence electrons. The van der Waals surface area contributed by atoms with E-state index in [2.05, 4.69) is 14.6 Å². The first-order valence-corrected chi connectivity index (χ1v) is 9.92. The van der Waals surface area contributed by atoms with Gasteiger partial charge >= 0.3 is 0 Å². The van der Waals surface area contributed by atoms with Crippen molar-refractivity contribution in [2.24, 2.45) is 10.9 Å². The third-order valence-corrected chi connectivity index (χ3v) is 4.87. The first kappa shape index (κ1) is 23.1. The molecule has 0 saturated heterocycles. The monoisotopic (exact) mass is 411 g/mol. The fourth-order valence-corrected chi connectivity index (χ4v) is 3.67. The van der Waals surface area contributed by atoms with Crippen molar-refractivity contribution in [2.75, 3.05) is 6.61 Å². The second-order valence-electron chi connectivity index (χ2n) is 6.75. The number of carbonyl (C=O) groups excluding carboxylic acids is 1. The third kappa shape index (κ3) is 4.69. The molecule has 4 N–H and O–H groups in total. The van der Waals surface area contributed by atoms with Crippen molar-refractivity contribution in [3.05, 3.63) is 70.4 Å². The lowest BCUT2D eigenvalue weighted by Gasteiger charge is -2.10. The van der Waals surface area contributed by atoms with Crippen molar-refractivity contribution in [1.82, 2.24) is 4.57 Å². The first-order chi connectivity index (χ1) is 14.5. The van der Waals surface area contributed by atoms with Crippen LogP contribution in [0.5, 0.6) is 0 Å². The summed E-state index contributed by atoms with van der Waals surface area (Å²) in [5.74, 6) is -0.811. The highest BCUT2D eigenvalue weighted by Gasteiger charge is 2.25. The number of carbonyl (C=O) groups is 1. The van der Waals surface area contributed by atoms with Crippen molar-refractivity contribution in [3.8, 4) is 0 Å². The Balaban J connectivity index is 0.00000155. The Labute approximate surface area is 176 Å². The highest BCUT2D eigenvalue weighted by Crippen LogP contribution is 2.32. The Kier molecular flexibility index (Phi) is 8.15. The zero-order chi connectivity index (χ0) is 22.3. The maximum Gasteiger partial charge on any atom is 0.271 e. The molecule has 7 nitrogen and oxygen atoms in total. The molecule has 30 heavy (non-hydrogen) atoms. The number of hydrogen-bond acceptors (Lipinski definition) is 5. The van der Waals surface area contributed by atoms with E-state index in [0.717, 1.165) is 33.3 Å². The van der Waals surface area contributed by atoms with E-state index in [1.54, 1.807) is 0 Å². The second-order valence-corrected chi connectivity index (χ2v) is 6.75. The number of aromatic nitrogens is 1. The van der Waals surface area contributed by atoms with Crippen LogP contribution in [0.15, 0.2) is 47.6 Å². The number of nitrogens with zero attached hydrogens (tertiary/aromatic N) is 2. The van der Waals surface area contributed by atoms with E-state index in [4.69, 9.17) is 11.0 Å². The van der Waals surface area contributed by atoms with E-state index in [9.17, 15) is 10.0 Å². The maximum absolute atomic E-state index is 11.9. The van der Waals surface area contributed by atoms with E-state index in [1.807, 2.05) is 70.2 Å². The highest BCUT2D eigenvalue weighted by atomic mass is 17.1. The molecule has 7 heteroatoms. The lowest BCUT2D eigenvalue weighted by atomic mass is 9.97. The molecular formula is C23H29N3O4. The van der Waals surface area contributed by atoms with Gasteiger partial charge in [-0.15, -0.1) is 0 Å². The van der Waals surface area contributed by atoms with Gasteiger partial charge in [0.15, 0.2) is 5.71 Å². The number of amides is 1. The molecule has 0 bridgehead atoms. The molecule has 1 aromatic heterocycles. The van der Waals surface area contributed by atoms with Gasteiger partial charge in [-0.25, -0.2) is 4.89 Å². The summed E-state index contributed by atoms with van der Waals surface area (Å²) in [6.45, 7) is 8.53. The SMILES string of the molecule is CC.Cc1cc(CCOO)c2c(/C(=N\O)C(N)=O)c(C)n(Cc3ccccc3)c2c1. The Morgan fingerprint density at radius 3 is 2.40 bits per heavy atom. The zero-order valence-corrected chi connectivity index (χ0v) is 17.8. The number of primary amides is 1. The summed E-state index contributed by atoms with van der Waals surface area (Å²) >= 11 is 0. The molecule has 0 aliphatic rings. The lowest BCUT2D eigenvalue weighted by Crippen LogP contribution is -2.25. The van der Waals surface area contributed by atoms with Crippen LogP contribution in [-0.4, -0.2) is 33.3 Å². The number of aryl methyl sites for hydroxylation is 1. The van der Waals surface area contributed by atoms with Gasteiger partial charge in [0.1, 0.15) is 0 Å². The molecule has 3 rings (SSSR count). The van der Waals surface area contributed by atoms with Crippen LogP contribution in [0, 0.1) is 13.8 Å². The summed E-state index contributed by atoms with van der Waals surface area (Å²) in [7, 11) is 0. The van der Waals surface area contributed by atoms with Crippen molar-refractivity contribution in [1.29, 1.82) is 0 Å². The average Bonchev–Trinajstić information content (AvgIpc) is 3.01. The molecule has 0 unspecified atom stereocenters. The smallest absolute Gasteiger partial charge is 0.271 e. The summed E-state index contributed by atoms with van der Waals surface area (Å²) in [4.78, 5) is 16.2. The fourth-order valence-electron chi connectivity index (χ4n) is 3.67. The highest BCUT2D eigenvalue weighted by molar-refractivity contribution is 6.47. The maximum atomic E-state index is 11.9. The van der Waals surface area contributed by atoms with Crippen molar-refractivity contribution >= 4 is 22.5 Å². The second kappa shape index (κ2) is 10.6. The molecule has 0 aliphatic heterocycles. The molecule has 0 radical (unpaired) electrons. The van der Waals surface area contributed by atoms with Gasteiger partial charge in [0.05, 0.1) is 6.61 Å². The molecule has 0 spiro atoms. The number of oxime groups is 1. The molecular weight excluding hydrogens is 382 g/mol. The van der Waals surface area contributed by atoms with Gasteiger partial charge in [-0.1, -0.05) is 55.4 Å². The summed E-state index contributed by atoms with van der Waals surface area (Å²) in [6.07, 6.45) is 0.425. The molecule has 0 atom stereocenters. The molecule has 0 fully saturated rings. The molecule has 1 amide bonds. The van der Waals surface area contributed by atoms with E-state index >= 15 is 0 Å². The van der Waals surface area contributed by atoms with Gasteiger partial charge in [-0.05, 0) is 43.0 Å². The number of benzene rings is 2. The standard InChI is InChI=1S/C21H23N3O4.C2H6/c1-13-10-16(8-9-28-27)19-17(11-13)24(12-15-6-4-3-5-7-15)14(2)18(19)20(23-26)21(22)25;1-2/h3-7,10-11,26-27H,8-9,12H2,1-2H3,(H2,22,25);1-2H3/b23-20+;. The summed E-state index contributed by atoms with van der Waals surface area (Å²) < 4.78 is 2.07. The number of hydrogen-bond donors (Lipinski definition) is 3. The van der Waals surface area contributed by atoms with E-state index in [1.165, 1.54) is 0 Å². The predicted molar refractivity (Wildman–Crippen MR) is 118 cm³/mol. The van der Waals surface area contributed by atoms with Crippen LogP contribution in [-0.2, 0) is 22.6 Å². The van der Waals surface area contributed by atoms with Gasteiger partial charge in [0.2, 0.25) is 0 Å². The predicted octanol–water partition coefficient (Wildman–Crippen LogP) is 4.03. The minimum absolute atomic E-state index is 0.100. The summed E-state index contributed by atoms with van der Waals surface area (Å²) in [5, 5.41) is 22.2. The minimum atomic E-state index is -0.811. The normalized spacial score (nSPS) is 11.3. The van der Waals surface area contributed by atoms with Crippen LogP contribution in [0.1, 0.15) is 41.8 Å². The van der Waals surface area contributed by atoms with Crippen LogP contribution in [0.3, 0.4) is 0 Å². The molecule has 0 aliphatic carbocycles. The van der Waals surface area contributed by atoms with Gasteiger partial charge in [0, 0.05) is 28.7 Å². The van der Waals surface area contributed by atoms with Gasteiger partial charge in [-0.3, -0.25) is 10.1 Å². The van der Waals surface area contributed by atoms with Gasteiger partial charge in [0.25, 0.3) is 5.91 Å². The van der Waals surface area contributed by atoms with Gasteiger partial charge in [-0.2, -0.15) is 0 Å². The number of nitrogens with two attached hydrogens (primary N) is 1. The van der Waals surface area contributed by atoms with Crippen molar-refractivity contribution in [2.45, 2.75) is 40.7 Å². The van der Waals surface area contributed by atoms with E-state index in [-0.39, 0.29) is 12.3 Å². The topological polar surface area (TPSA) is 110 Å². The lowest BCUT2D eigenvalue weighted by molar-refractivity contribution is -0.241. The quantitative estimate of drug-likeness (QED) is 0.236. The Hall–Kier alpha value is -3.16. The minimum Gasteiger partial charge on any atom is -0.410 e. The average molecular weight is 412 g/mol. The van der Waals surface area contributed by atoms with Gasteiger partial charge < -0.3 is 15.5 Å². The largest absolute Gasteiger partial charge is 0.410 e. The number of rotatable bonds is 7. The van der Waals surface area contributed by atoms with E-state index in [0.29, 0.717) is 18.5 Å². The van der Waals surface area contributed by atoms with Crippen molar-refractivity contribution in [3.63, 3.8) is 0 Å². The Morgan fingerprint density at radius 2 is 1.83 bits per heavy atom. The van der Waals surface area contributed by atoms with Crippen LogP contribution in [0.25, 0.3) is 10.9 Å². The zero-order valence-electron chi connectivity index (χ0n) is 17.8. The first-order valence-electron chi connectivity index (χ1n) is 9.92. The summed E-state index contributed by atoms with van der Waals surface area (Å²) in [5.41, 5.74) is 10.4. The Bertz CT molecular complexity index is 1040. The Morgan fingerprint density at radius 1 is 1.17 bits per heavy atom. The fraction of sp³-hybridized carbons (Fsp3) is 0.304. The molecule has 3 aromatic rings. The molecule has 1 heterocycles. The molecule has 2 aromatic carbocycles. The van der Waals surface area contributed by atoms with Crippen LogP contribution in [0.2, 0.25) is 0 Å². The van der Waals surface area contributed by atoms with Crippen LogP contribution < -0.4 is 5.73 Å². The molecule has 0 saturated carbocycles. The summed E-state index contributed by atoms with van der Waals surface area (Å²) in [6, 6.07) is 13.9. The van der Waals surface area contributed by atoms with E-state index < -0.39 is 5.91 Å². The van der Waals surface area contributed by atoms with Crippen LogP contribution in [0.4, 0.5) is 0 Å². The van der Waals surface area contributed by atoms with Crippen LogP contribution >= 0.6 is 0 Å². The number of fused-ring (bicyclic) bond motifs is 1. The van der Waals surface area contributed by atoms with Crippen molar-refractivity contribution < 1.29 is 20.1 Å². The third-order valence-electron chi connectivity index (χ3n) is 4.87.